The predicted octanol–water partition coefficient (Wildman–Crippen LogP) is 5.36. The standard InChI is InChI=1S/C22H29ClN2O/c1-17(2)14-25(22(26)19-8-3-4-9-19)16-21-11-6-12-24(21)15-18-7-5-10-20(23)13-18/h5-7,10-13,17,19H,3-4,8-9,14-16H2,1-2H3. The summed E-state index contributed by atoms with van der Waals surface area (Å²) in [7, 11) is 0. The zero-order valence-electron chi connectivity index (χ0n) is 15.8. The number of carbonyl (C=O) groups is 1. The Hall–Kier alpha value is -1.74. The van der Waals surface area contributed by atoms with Gasteiger partial charge in [-0.3, -0.25) is 4.79 Å². The maximum Gasteiger partial charge on any atom is 0.226 e. The van der Waals surface area contributed by atoms with Gasteiger partial charge in [0.2, 0.25) is 5.91 Å². The van der Waals surface area contributed by atoms with Crippen molar-refractivity contribution < 1.29 is 4.79 Å². The van der Waals surface area contributed by atoms with E-state index < -0.39 is 0 Å². The minimum atomic E-state index is 0.227. The van der Waals surface area contributed by atoms with E-state index in [9.17, 15) is 4.79 Å². The highest BCUT2D eigenvalue weighted by molar-refractivity contribution is 6.30. The van der Waals surface area contributed by atoms with Crippen LogP contribution in [0, 0.1) is 11.8 Å². The number of halogens is 1. The van der Waals surface area contributed by atoms with Gasteiger partial charge in [0, 0.05) is 35.9 Å². The van der Waals surface area contributed by atoms with E-state index in [1.54, 1.807) is 0 Å². The fraction of sp³-hybridized carbons (Fsp3) is 0.500. The van der Waals surface area contributed by atoms with Crippen LogP contribution < -0.4 is 0 Å². The summed E-state index contributed by atoms with van der Waals surface area (Å²) in [5, 5.41) is 0.758. The second kappa shape index (κ2) is 8.77. The van der Waals surface area contributed by atoms with Crippen LogP contribution in [0.5, 0.6) is 0 Å². The van der Waals surface area contributed by atoms with E-state index in [0.29, 0.717) is 18.4 Å². The summed E-state index contributed by atoms with van der Waals surface area (Å²) in [5.41, 5.74) is 2.35. The lowest BCUT2D eigenvalue weighted by atomic mass is 10.1. The van der Waals surface area contributed by atoms with Crippen molar-refractivity contribution in [1.29, 1.82) is 0 Å². The normalized spacial score (nSPS) is 14.9. The van der Waals surface area contributed by atoms with E-state index in [0.717, 1.165) is 31.0 Å². The van der Waals surface area contributed by atoms with Crippen LogP contribution in [0.25, 0.3) is 0 Å². The Morgan fingerprint density at radius 2 is 2.00 bits per heavy atom. The molecule has 140 valence electrons. The predicted molar refractivity (Wildman–Crippen MR) is 107 cm³/mol. The number of benzene rings is 1. The molecule has 0 unspecified atom stereocenters. The van der Waals surface area contributed by atoms with Crippen molar-refractivity contribution in [3.8, 4) is 0 Å². The molecule has 0 bridgehead atoms. The molecule has 1 aliphatic carbocycles. The van der Waals surface area contributed by atoms with Gasteiger partial charge < -0.3 is 9.47 Å². The second-order valence-corrected chi connectivity index (χ2v) is 8.29. The highest BCUT2D eigenvalue weighted by Crippen LogP contribution is 2.27. The number of amides is 1. The summed E-state index contributed by atoms with van der Waals surface area (Å²) >= 11 is 6.12. The van der Waals surface area contributed by atoms with Crippen molar-refractivity contribution >= 4 is 17.5 Å². The van der Waals surface area contributed by atoms with E-state index in [4.69, 9.17) is 11.6 Å². The first-order valence-corrected chi connectivity index (χ1v) is 10.1. The van der Waals surface area contributed by atoms with Gasteiger partial charge in [-0.15, -0.1) is 0 Å². The highest BCUT2D eigenvalue weighted by Gasteiger charge is 2.28. The van der Waals surface area contributed by atoms with Crippen molar-refractivity contribution in [2.45, 2.75) is 52.6 Å². The van der Waals surface area contributed by atoms with Crippen LogP contribution in [0.4, 0.5) is 0 Å². The third-order valence-electron chi connectivity index (χ3n) is 5.12. The molecule has 3 rings (SSSR count). The first kappa shape index (κ1) is 19.0. The second-order valence-electron chi connectivity index (χ2n) is 7.85. The SMILES string of the molecule is CC(C)CN(Cc1cccn1Cc1cccc(Cl)c1)C(=O)C1CCCC1. The van der Waals surface area contributed by atoms with Crippen molar-refractivity contribution in [2.75, 3.05) is 6.54 Å². The molecule has 1 aromatic carbocycles. The Balaban J connectivity index is 1.74. The minimum absolute atomic E-state index is 0.227. The lowest BCUT2D eigenvalue weighted by molar-refractivity contribution is -0.136. The van der Waals surface area contributed by atoms with Gasteiger partial charge in [0.15, 0.2) is 0 Å². The Kier molecular flexibility index (Phi) is 6.42. The molecule has 26 heavy (non-hydrogen) atoms. The fourth-order valence-corrected chi connectivity index (χ4v) is 4.09. The molecule has 1 heterocycles. The third kappa shape index (κ3) is 4.91. The smallest absolute Gasteiger partial charge is 0.226 e. The van der Waals surface area contributed by atoms with E-state index in [2.05, 4.69) is 47.7 Å². The Morgan fingerprint density at radius 1 is 1.23 bits per heavy atom. The topological polar surface area (TPSA) is 25.2 Å². The monoisotopic (exact) mass is 372 g/mol. The maximum atomic E-state index is 13.0. The Morgan fingerprint density at radius 3 is 2.69 bits per heavy atom. The molecule has 4 heteroatoms. The van der Waals surface area contributed by atoms with Crippen molar-refractivity contribution in [3.63, 3.8) is 0 Å². The van der Waals surface area contributed by atoms with E-state index >= 15 is 0 Å². The lowest BCUT2D eigenvalue weighted by Crippen LogP contribution is -2.38. The van der Waals surface area contributed by atoms with Gasteiger partial charge in [-0.05, 0) is 48.6 Å². The fourth-order valence-electron chi connectivity index (χ4n) is 3.88. The summed E-state index contributed by atoms with van der Waals surface area (Å²) in [4.78, 5) is 15.1. The molecular weight excluding hydrogens is 344 g/mol. The first-order chi connectivity index (χ1) is 12.5. The van der Waals surface area contributed by atoms with Gasteiger partial charge in [-0.25, -0.2) is 0 Å². The number of nitrogens with zero attached hydrogens (tertiary/aromatic N) is 2. The Bertz CT molecular complexity index is 731. The summed E-state index contributed by atoms with van der Waals surface area (Å²) in [6.45, 7) is 6.63. The number of aromatic nitrogens is 1. The largest absolute Gasteiger partial charge is 0.345 e. The summed E-state index contributed by atoms with van der Waals surface area (Å²) < 4.78 is 2.22. The molecular formula is C22H29ClN2O. The number of hydrogen-bond acceptors (Lipinski definition) is 1. The highest BCUT2D eigenvalue weighted by atomic mass is 35.5. The third-order valence-corrected chi connectivity index (χ3v) is 5.36. The van der Waals surface area contributed by atoms with Crippen molar-refractivity contribution in [3.05, 3.63) is 58.9 Å². The van der Waals surface area contributed by atoms with Gasteiger partial charge >= 0.3 is 0 Å². The molecule has 1 saturated carbocycles. The zero-order valence-corrected chi connectivity index (χ0v) is 16.6. The quantitative estimate of drug-likeness (QED) is 0.641. The van der Waals surface area contributed by atoms with Crippen LogP contribution in [-0.4, -0.2) is 21.9 Å². The van der Waals surface area contributed by atoms with E-state index in [1.165, 1.54) is 24.1 Å². The van der Waals surface area contributed by atoms with Crippen LogP contribution >= 0.6 is 11.6 Å². The average molecular weight is 373 g/mol. The average Bonchev–Trinajstić information content (AvgIpc) is 3.26. The molecule has 1 aromatic heterocycles. The molecule has 0 saturated heterocycles. The van der Waals surface area contributed by atoms with Gasteiger partial charge in [0.25, 0.3) is 0 Å². The molecule has 3 nitrogen and oxygen atoms in total. The van der Waals surface area contributed by atoms with Crippen LogP contribution in [0.3, 0.4) is 0 Å². The van der Waals surface area contributed by atoms with Crippen LogP contribution in [-0.2, 0) is 17.9 Å². The van der Waals surface area contributed by atoms with Gasteiger partial charge in [-0.1, -0.05) is 50.4 Å². The Labute approximate surface area is 162 Å². The molecule has 0 atom stereocenters. The van der Waals surface area contributed by atoms with Crippen LogP contribution in [0.2, 0.25) is 5.02 Å². The molecule has 0 aliphatic heterocycles. The molecule has 1 fully saturated rings. The summed E-state index contributed by atoms with van der Waals surface area (Å²) in [5.74, 6) is 1.04. The molecule has 0 N–H and O–H groups in total. The van der Waals surface area contributed by atoms with Crippen molar-refractivity contribution in [2.24, 2.45) is 11.8 Å². The molecule has 1 aliphatic rings. The van der Waals surface area contributed by atoms with Gasteiger partial charge in [0.05, 0.1) is 6.54 Å². The molecule has 1 amide bonds. The van der Waals surface area contributed by atoms with Crippen molar-refractivity contribution in [1.82, 2.24) is 9.47 Å². The van der Waals surface area contributed by atoms with Crippen LogP contribution in [0.15, 0.2) is 42.6 Å². The number of hydrogen-bond donors (Lipinski definition) is 0. The van der Waals surface area contributed by atoms with Gasteiger partial charge in [-0.2, -0.15) is 0 Å². The molecule has 0 spiro atoms. The lowest BCUT2D eigenvalue weighted by Gasteiger charge is -2.28. The van der Waals surface area contributed by atoms with E-state index in [-0.39, 0.29) is 5.92 Å². The van der Waals surface area contributed by atoms with Gasteiger partial charge in [0.1, 0.15) is 0 Å². The van der Waals surface area contributed by atoms with E-state index in [1.807, 2.05) is 18.2 Å². The minimum Gasteiger partial charge on any atom is -0.345 e. The summed E-state index contributed by atoms with van der Waals surface area (Å²) in [6.07, 6.45) is 6.58. The maximum absolute atomic E-state index is 13.0. The number of carbonyl (C=O) groups excluding carboxylic acids is 1. The van der Waals surface area contributed by atoms with Crippen LogP contribution in [0.1, 0.15) is 50.8 Å². The zero-order chi connectivity index (χ0) is 18.5. The summed E-state index contributed by atoms with van der Waals surface area (Å²) in [6, 6.07) is 12.2. The first-order valence-electron chi connectivity index (χ1n) is 9.70. The molecule has 0 radical (unpaired) electrons. The molecule has 2 aromatic rings. The number of rotatable bonds is 7.